The summed E-state index contributed by atoms with van der Waals surface area (Å²) in [7, 11) is 1.56. The number of rotatable bonds is 8. The molecule has 2 fully saturated rings. The number of hydrogen-bond acceptors (Lipinski definition) is 6. The van der Waals surface area contributed by atoms with Crippen LogP contribution in [-0.4, -0.2) is 48.1 Å². The Morgan fingerprint density at radius 3 is 2.35 bits per heavy atom. The van der Waals surface area contributed by atoms with E-state index < -0.39 is 46.7 Å². The van der Waals surface area contributed by atoms with Crippen molar-refractivity contribution in [2.75, 3.05) is 19.0 Å². The van der Waals surface area contributed by atoms with Crippen molar-refractivity contribution in [3.05, 3.63) is 59.7 Å². The third kappa shape index (κ3) is 6.23. The second kappa shape index (κ2) is 12.1. The molecule has 0 saturated heterocycles. The van der Waals surface area contributed by atoms with Crippen molar-refractivity contribution in [3.8, 4) is 5.75 Å². The van der Waals surface area contributed by atoms with E-state index in [1.165, 1.54) is 0 Å². The minimum Gasteiger partial charge on any atom is -0.497 e. The number of carbonyl (C=O) groups excluding carboxylic acids is 2. The smallest absolute Gasteiger partial charge is 0.411 e. The predicted octanol–water partition coefficient (Wildman–Crippen LogP) is 4.78. The average molecular weight is 561 g/mol. The largest absolute Gasteiger partial charge is 0.497 e. The first-order valence-electron chi connectivity index (χ1n) is 13.6. The van der Waals surface area contributed by atoms with Crippen LogP contribution < -0.4 is 15.4 Å². The highest BCUT2D eigenvalue weighted by molar-refractivity contribution is 5.84. The van der Waals surface area contributed by atoms with Crippen LogP contribution in [0.4, 0.5) is 19.3 Å². The molecule has 10 heteroatoms. The van der Waals surface area contributed by atoms with E-state index in [1.807, 2.05) is 13.8 Å². The second-order valence-corrected chi connectivity index (χ2v) is 11.5. The molecular weight excluding hydrogens is 522 g/mol. The topological polar surface area (TPSA) is 117 Å². The molecule has 2 saturated carbocycles. The number of halogens is 2. The lowest BCUT2D eigenvalue weighted by molar-refractivity contribution is -0.185. The highest BCUT2D eigenvalue weighted by Gasteiger charge is 2.60. The van der Waals surface area contributed by atoms with Crippen molar-refractivity contribution in [2.24, 2.45) is 22.7 Å². The number of ether oxygens (including phenoxy) is 2. The van der Waals surface area contributed by atoms with Crippen LogP contribution in [0.1, 0.15) is 51.5 Å². The number of benzene rings is 2. The zero-order chi connectivity index (χ0) is 29.1. The summed E-state index contributed by atoms with van der Waals surface area (Å²) < 4.78 is 38.0. The van der Waals surface area contributed by atoms with E-state index in [-0.39, 0.29) is 31.4 Å². The van der Waals surface area contributed by atoms with Gasteiger partial charge in [-0.25, -0.2) is 13.6 Å². The number of methoxy groups -OCH3 is 1. The Kier molecular flexibility index (Phi) is 8.99. The number of aliphatic hydroxyl groups excluding tert-OH is 2. The van der Waals surface area contributed by atoms with Crippen molar-refractivity contribution in [1.82, 2.24) is 5.32 Å². The van der Waals surface area contributed by atoms with Gasteiger partial charge in [0, 0.05) is 30.1 Å². The van der Waals surface area contributed by atoms with Crippen LogP contribution in [0.25, 0.3) is 0 Å². The predicted molar refractivity (Wildman–Crippen MR) is 144 cm³/mol. The van der Waals surface area contributed by atoms with Crippen molar-refractivity contribution in [1.29, 1.82) is 0 Å². The number of amides is 2. The van der Waals surface area contributed by atoms with Gasteiger partial charge in [-0.05, 0) is 84.9 Å². The number of aliphatic hydroxyl groups is 2. The summed E-state index contributed by atoms with van der Waals surface area (Å²) >= 11 is 0. The Bertz CT molecular complexity index is 1190. The van der Waals surface area contributed by atoms with Gasteiger partial charge in [-0.2, -0.15) is 0 Å². The van der Waals surface area contributed by atoms with Gasteiger partial charge < -0.3 is 25.0 Å². The number of nitrogens with one attached hydrogen (secondary N) is 2. The molecule has 8 nitrogen and oxygen atoms in total. The highest BCUT2D eigenvalue weighted by Crippen LogP contribution is 2.61. The van der Waals surface area contributed by atoms with Gasteiger partial charge in [0.1, 0.15) is 23.5 Å². The zero-order valence-corrected chi connectivity index (χ0v) is 23.1. The van der Waals surface area contributed by atoms with Gasteiger partial charge in [-0.3, -0.25) is 10.1 Å². The molecule has 1 unspecified atom stereocenters. The van der Waals surface area contributed by atoms with Crippen molar-refractivity contribution in [2.45, 2.75) is 64.7 Å². The van der Waals surface area contributed by atoms with Crippen LogP contribution in [0.5, 0.6) is 5.75 Å². The number of anilines is 1. The molecule has 2 aromatic rings. The first kappa shape index (κ1) is 29.7. The summed E-state index contributed by atoms with van der Waals surface area (Å²) in [6.07, 6.45) is 0.184. The first-order chi connectivity index (χ1) is 19.0. The molecule has 2 aromatic carbocycles. The van der Waals surface area contributed by atoms with Crippen LogP contribution in [0.15, 0.2) is 42.5 Å². The molecule has 2 amide bonds. The van der Waals surface area contributed by atoms with E-state index in [0.29, 0.717) is 42.7 Å². The maximum Gasteiger partial charge on any atom is 0.411 e. The minimum absolute atomic E-state index is 0.0248. The fraction of sp³-hybridized carbons (Fsp3) is 0.533. The molecule has 2 aliphatic rings. The molecule has 40 heavy (non-hydrogen) atoms. The summed E-state index contributed by atoms with van der Waals surface area (Å²) in [5.41, 5.74) is -0.454. The molecule has 0 heterocycles. The van der Waals surface area contributed by atoms with E-state index in [4.69, 9.17) is 9.47 Å². The van der Waals surface area contributed by atoms with Gasteiger partial charge in [0.05, 0.1) is 19.8 Å². The quantitative estimate of drug-likeness (QED) is 0.369. The molecule has 4 N–H and O–H groups in total. The van der Waals surface area contributed by atoms with E-state index in [9.17, 15) is 28.6 Å². The number of hydrogen-bond donors (Lipinski definition) is 4. The minimum atomic E-state index is -0.793. The average Bonchev–Trinajstić information content (AvgIpc) is 2.91. The third-order valence-electron chi connectivity index (χ3n) is 9.08. The van der Waals surface area contributed by atoms with Crippen LogP contribution in [-0.2, 0) is 16.1 Å². The maximum atomic E-state index is 13.5. The molecule has 0 radical (unpaired) electrons. The lowest BCUT2D eigenvalue weighted by Crippen LogP contribution is -2.61. The third-order valence-corrected chi connectivity index (χ3v) is 9.08. The van der Waals surface area contributed by atoms with E-state index >= 15 is 0 Å². The first-order valence-corrected chi connectivity index (χ1v) is 13.6. The Morgan fingerprint density at radius 2 is 1.73 bits per heavy atom. The van der Waals surface area contributed by atoms with Gasteiger partial charge in [-0.15, -0.1) is 0 Å². The number of carbonyl (C=O) groups is 2. The Balaban J connectivity index is 1.44. The Hall–Kier alpha value is -3.24. The molecule has 2 aliphatic carbocycles. The lowest BCUT2D eigenvalue weighted by atomic mass is 9.46. The second-order valence-electron chi connectivity index (χ2n) is 11.5. The molecule has 0 spiro atoms. The molecule has 6 atom stereocenters. The molecule has 0 aliphatic heterocycles. The van der Waals surface area contributed by atoms with E-state index in [0.717, 1.165) is 18.2 Å². The van der Waals surface area contributed by atoms with Crippen molar-refractivity contribution in [3.63, 3.8) is 0 Å². The number of fused-ring (bicyclic) bond motifs is 1. The highest BCUT2D eigenvalue weighted by atomic mass is 19.1. The summed E-state index contributed by atoms with van der Waals surface area (Å²) in [5.74, 6) is -1.65. The summed E-state index contributed by atoms with van der Waals surface area (Å²) in [5, 5.41) is 27.0. The van der Waals surface area contributed by atoms with Crippen LogP contribution in [0.2, 0.25) is 0 Å². The fourth-order valence-corrected chi connectivity index (χ4v) is 6.92. The van der Waals surface area contributed by atoms with Gasteiger partial charge in [0.15, 0.2) is 0 Å². The lowest BCUT2D eigenvalue weighted by Gasteiger charge is -2.60. The summed E-state index contributed by atoms with van der Waals surface area (Å²) in [4.78, 5) is 25.7. The molecular formula is C30H38F2N2O6. The van der Waals surface area contributed by atoms with Crippen LogP contribution in [0.3, 0.4) is 0 Å². The molecule has 0 bridgehead atoms. The van der Waals surface area contributed by atoms with E-state index in [1.54, 1.807) is 31.4 Å². The molecule has 4 rings (SSSR count). The SMILES string of the molecule is COc1ccc(NC(=O)O[C@@H]2CC[C@]3(C)C(CC[C@@H](O)[C@H]3CC(=O)NCc3cc(F)cc(F)c3)[C@]2(C)CO)cc1. The van der Waals surface area contributed by atoms with Gasteiger partial charge >= 0.3 is 6.09 Å². The van der Waals surface area contributed by atoms with Gasteiger partial charge in [0.25, 0.3) is 0 Å². The fourth-order valence-electron chi connectivity index (χ4n) is 6.92. The van der Waals surface area contributed by atoms with Crippen molar-refractivity contribution >= 4 is 17.7 Å². The molecule has 0 aromatic heterocycles. The molecule has 218 valence electrons. The standard InChI is InChI=1S/C30H38F2N2O6/c1-29-11-10-26(40-28(38)34-21-4-6-22(39-3)7-5-21)30(2,17-35)25(29)9-8-24(36)23(29)15-27(37)33-16-18-12-19(31)14-20(32)13-18/h4-7,12-14,23-26,35-36H,8-11,15-17H2,1-3H3,(H,33,37)(H,34,38)/t23-,24-,25?,26-,29+,30+/m1/s1. The Morgan fingerprint density at radius 1 is 1.05 bits per heavy atom. The summed E-state index contributed by atoms with van der Waals surface area (Å²) in [6.45, 7) is 3.66. The van der Waals surface area contributed by atoms with E-state index in [2.05, 4.69) is 10.6 Å². The van der Waals surface area contributed by atoms with Crippen LogP contribution >= 0.6 is 0 Å². The summed E-state index contributed by atoms with van der Waals surface area (Å²) in [6, 6.07) is 9.94. The maximum absolute atomic E-state index is 13.5. The van der Waals surface area contributed by atoms with Gasteiger partial charge in [0.2, 0.25) is 5.91 Å². The zero-order valence-electron chi connectivity index (χ0n) is 23.1. The Labute approximate surface area is 233 Å². The van der Waals surface area contributed by atoms with Crippen molar-refractivity contribution < 1.29 is 38.1 Å². The normalized spacial score (nSPS) is 29.7. The van der Waals surface area contributed by atoms with Gasteiger partial charge in [-0.1, -0.05) is 13.8 Å². The monoisotopic (exact) mass is 560 g/mol. The van der Waals surface area contributed by atoms with Crippen LogP contribution in [0, 0.1) is 34.3 Å².